The van der Waals surface area contributed by atoms with E-state index in [0.29, 0.717) is 22.6 Å². The van der Waals surface area contributed by atoms with Crippen LogP contribution in [0.3, 0.4) is 0 Å². The van der Waals surface area contributed by atoms with Crippen molar-refractivity contribution >= 4 is 29.0 Å². The topological polar surface area (TPSA) is 54.0 Å². The second-order valence-electron chi connectivity index (χ2n) is 5.46. The first-order chi connectivity index (χ1) is 12.5. The average molecular weight is 374 g/mol. The molecule has 2 N–H and O–H groups in total. The smallest absolute Gasteiger partial charge is 0.251 e. The third-order valence-corrected chi connectivity index (χ3v) is 3.90. The van der Waals surface area contributed by atoms with E-state index in [4.69, 9.17) is 11.6 Å². The first kappa shape index (κ1) is 17.8. The summed E-state index contributed by atoms with van der Waals surface area (Å²) in [5.74, 6) is -0.869. The van der Waals surface area contributed by atoms with Crippen LogP contribution in [0.2, 0.25) is 5.02 Å². The molecule has 26 heavy (non-hydrogen) atoms. The lowest BCUT2D eigenvalue weighted by Gasteiger charge is -2.09. The Bertz CT molecular complexity index is 950. The first-order valence-electron chi connectivity index (χ1n) is 7.72. The van der Waals surface area contributed by atoms with Gasteiger partial charge in [-0.3, -0.25) is 4.79 Å². The van der Waals surface area contributed by atoms with E-state index in [2.05, 4.69) is 15.6 Å². The van der Waals surface area contributed by atoms with E-state index in [1.807, 2.05) is 0 Å². The maximum atomic E-state index is 13.6. The molecule has 3 rings (SSSR count). The van der Waals surface area contributed by atoms with Gasteiger partial charge in [0.05, 0.1) is 5.02 Å². The monoisotopic (exact) mass is 373 g/mol. The van der Waals surface area contributed by atoms with Crippen molar-refractivity contribution in [3.8, 4) is 0 Å². The molecular weight excluding hydrogens is 360 g/mol. The van der Waals surface area contributed by atoms with Gasteiger partial charge in [-0.05, 0) is 36.4 Å². The first-order valence-corrected chi connectivity index (χ1v) is 8.10. The quantitative estimate of drug-likeness (QED) is 0.682. The molecule has 3 aromatic rings. The zero-order valence-corrected chi connectivity index (χ0v) is 14.2. The van der Waals surface area contributed by atoms with Crippen LogP contribution < -0.4 is 10.6 Å². The highest BCUT2D eigenvalue weighted by Crippen LogP contribution is 2.22. The van der Waals surface area contributed by atoms with Crippen molar-refractivity contribution in [2.75, 3.05) is 5.32 Å². The number of hydrogen-bond acceptors (Lipinski definition) is 3. The van der Waals surface area contributed by atoms with E-state index < -0.39 is 5.82 Å². The molecule has 0 bridgehead atoms. The Morgan fingerprint density at radius 2 is 1.85 bits per heavy atom. The molecule has 0 aliphatic carbocycles. The lowest BCUT2D eigenvalue weighted by molar-refractivity contribution is 0.0950. The third kappa shape index (κ3) is 4.34. The molecule has 0 unspecified atom stereocenters. The second-order valence-corrected chi connectivity index (χ2v) is 5.86. The normalized spacial score (nSPS) is 10.4. The van der Waals surface area contributed by atoms with Gasteiger partial charge in [-0.15, -0.1) is 0 Å². The Hall–Kier alpha value is -2.99. The lowest BCUT2D eigenvalue weighted by Crippen LogP contribution is -2.23. The summed E-state index contributed by atoms with van der Waals surface area (Å²) in [7, 11) is 0. The molecular formula is C19H14ClF2N3O. The zero-order chi connectivity index (χ0) is 18.5. The Kier molecular flexibility index (Phi) is 5.43. The van der Waals surface area contributed by atoms with Gasteiger partial charge in [0.2, 0.25) is 0 Å². The molecule has 0 aliphatic heterocycles. The number of hydrogen-bond donors (Lipinski definition) is 2. The number of nitrogens with zero attached hydrogens (tertiary/aromatic N) is 1. The fourth-order valence-corrected chi connectivity index (χ4v) is 2.46. The van der Waals surface area contributed by atoms with Crippen LogP contribution in [0.4, 0.5) is 20.3 Å². The predicted octanol–water partition coefficient (Wildman–Crippen LogP) is 4.69. The predicted molar refractivity (Wildman–Crippen MR) is 96.5 cm³/mol. The number of nitrogens with one attached hydrogen (secondary N) is 2. The second kappa shape index (κ2) is 7.93. The van der Waals surface area contributed by atoms with Gasteiger partial charge in [0, 0.05) is 29.6 Å². The van der Waals surface area contributed by atoms with Gasteiger partial charge in [-0.1, -0.05) is 29.8 Å². The van der Waals surface area contributed by atoms with Crippen LogP contribution in [0, 0.1) is 11.6 Å². The van der Waals surface area contributed by atoms with Crippen molar-refractivity contribution in [3.63, 3.8) is 0 Å². The minimum atomic E-state index is -0.522. The van der Waals surface area contributed by atoms with Crippen molar-refractivity contribution < 1.29 is 13.6 Å². The van der Waals surface area contributed by atoms with E-state index in [1.165, 1.54) is 36.5 Å². The number of pyridine rings is 1. The summed E-state index contributed by atoms with van der Waals surface area (Å²) < 4.78 is 26.8. The number of halogens is 3. The fourth-order valence-electron chi connectivity index (χ4n) is 2.28. The molecule has 0 atom stereocenters. The van der Waals surface area contributed by atoms with Gasteiger partial charge in [0.1, 0.15) is 17.5 Å². The number of carbonyl (C=O) groups excluding carboxylic acids is 1. The highest BCUT2D eigenvalue weighted by atomic mass is 35.5. The van der Waals surface area contributed by atoms with Gasteiger partial charge in [0.15, 0.2) is 0 Å². The van der Waals surface area contributed by atoms with E-state index in [0.717, 1.165) is 0 Å². The van der Waals surface area contributed by atoms with Gasteiger partial charge < -0.3 is 10.6 Å². The molecule has 0 aliphatic rings. The van der Waals surface area contributed by atoms with Gasteiger partial charge in [-0.2, -0.15) is 0 Å². The van der Waals surface area contributed by atoms with E-state index in [9.17, 15) is 13.6 Å². The minimum absolute atomic E-state index is 0.0196. The summed E-state index contributed by atoms with van der Waals surface area (Å²) in [6, 6.07) is 13.5. The van der Waals surface area contributed by atoms with Crippen LogP contribution in [0.25, 0.3) is 0 Å². The maximum Gasteiger partial charge on any atom is 0.251 e. The van der Waals surface area contributed by atoms with Crippen LogP contribution in [0.1, 0.15) is 15.9 Å². The number of benzene rings is 2. The summed E-state index contributed by atoms with van der Waals surface area (Å²) in [6.45, 7) is 0.0736. The molecule has 1 amide bonds. The zero-order valence-electron chi connectivity index (χ0n) is 13.5. The Morgan fingerprint density at radius 3 is 2.62 bits per heavy atom. The van der Waals surface area contributed by atoms with Crippen molar-refractivity contribution in [1.82, 2.24) is 10.3 Å². The number of anilines is 2. The molecule has 132 valence electrons. The molecule has 7 heteroatoms. The number of rotatable bonds is 5. The molecule has 2 aromatic carbocycles. The summed E-state index contributed by atoms with van der Waals surface area (Å²) in [5, 5.41) is 5.59. The lowest BCUT2D eigenvalue weighted by atomic mass is 10.2. The van der Waals surface area contributed by atoms with E-state index in [1.54, 1.807) is 24.3 Å². The molecule has 0 spiro atoms. The summed E-state index contributed by atoms with van der Waals surface area (Å²) in [5.41, 5.74) is 1.29. The number of amides is 1. The van der Waals surface area contributed by atoms with Gasteiger partial charge in [-0.25, -0.2) is 13.8 Å². The van der Waals surface area contributed by atoms with Crippen molar-refractivity contribution in [3.05, 3.63) is 88.6 Å². The maximum absolute atomic E-state index is 13.6. The SMILES string of the molecule is O=C(NCc1ccccc1F)c1ccnc(Nc2ccc(F)c(Cl)c2)c1. The van der Waals surface area contributed by atoms with Gasteiger partial charge >= 0.3 is 0 Å². The van der Waals surface area contributed by atoms with E-state index >= 15 is 0 Å². The molecule has 0 radical (unpaired) electrons. The highest BCUT2D eigenvalue weighted by Gasteiger charge is 2.09. The molecule has 0 saturated heterocycles. The standard InChI is InChI=1S/C19H14ClF2N3O/c20-15-10-14(5-6-17(15)22)25-18-9-12(7-8-23-18)19(26)24-11-13-3-1-2-4-16(13)21/h1-10H,11H2,(H,23,25)(H,24,26). The fraction of sp³-hybridized carbons (Fsp3) is 0.0526. The van der Waals surface area contributed by atoms with E-state index in [-0.39, 0.29) is 23.3 Å². The minimum Gasteiger partial charge on any atom is -0.348 e. The van der Waals surface area contributed by atoms with Crippen molar-refractivity contribution in [2.24, 2.45) is 0 Å². The average Bonchev–Trinajstić information content (AvgIpc) is 2.64. The third-order valence-electron chi connectivity index (χ3n) is 3.61. The molecule has 4 nitrogen and oxygen atoms in total. The summed E-state index contributed by atoms with van der Waals surface area (Å²) in [6.07, 6.45) is 1.46. The summed E-state index contributed by atoms with van der Waals surface area (Å²) in [4.78, 5) is 16.4. The van der Waals surface area contributed by atoms with Crippen LogP contribution in [-0.2, 0) is 6.54 Å². The van der Waals surface area contributed by atoms with Crippen LogP contribution in [-0.4, -0.2) is 10.9 Å². The summed E-state index contributed by atoms with van der Waals surface area (Å²) >= 11 is 5.74. The number of aromatic nitrogens is 1. The highest BCUT2D eigenvalue weighted by molar-refractivity contribution is 6.31. The Balaban J connectivity index is 1.69. The van der Waals surface area contributed by atoms with Crippen LogP contribution in [0.15, 0.2) is 60.8 Å². The van der Waals surface area contributed by atoms with Crippen LogP contribution in [0.5, 0.6) is 0 Å². The molecule has 0 fully saturated rings. The Labute approximate surface area is 153 Å². The van der Waals surface area contributed by atoms with Gasteiger partial charge in [0.25, 0.3) is 5.91 Å². The van der Waals surface area contributed by atoms with Crippen LogP contribution >= 0.6 is 11.6 Å². The molecule has 1 heterocycles. The molecule has 1 aromatic heterocycles. The Morgan fingerprint density at radius 1 is 1.04 bits per heavy atom. The van der Waals surface area contributed by atoms with Crippen molar-refractivity contribution in [2.45, 2.75) is 6.54 Å². The van der Waals surface area contributed by atoms with Crippen molar-refractivity contribution in [1.29, 1.82) is 0 Å². The largest absolute Gasteiger partial charge is 0.348 e. The molecule has 0 saturated carbocycles. The number of carbonyl (C=O) groups is 1.